The Bertz CT molecular complexity index is 825. The number of aromatic carboxylic acids is 1. The number of aryl methyl sites for hydroxylation is 1. The maximum absolute atomic E-state index is 10.8. The van der Waals surface area contributed by atoms with E-state index >= 15 is 0 Å². The van der Waals surface area contributed by atoms with Gasteiger partial charge in [0.1, 0.15) is 5.75 Å². The fourth-order valence-corrected chi connectivity index (χ4v) is 2.09. The molecule has 23 heavy (non-hydrogen) atoms. The molecule has 1 aromatic heterocycles. The van der Waals surface area contributed by atoms with E-state index in [0.29, 0.717) is 17.5 Å². The zero-order valence-corrected chi connectivity index (χ0v) is 12.4. The number of ether oxygens (including phenoxy) is 1. The molecule has 0 saturated carbocycles. The average molecular weight is 310 g/mol. The van der Waals surface area contributed by atoms with Gasteiger partial charge in [-0.05, 0) is 36.8 Å². The van der Waals surface area contributed by atoms with Crippen molar-refractivity contribution in [2.45, 2.75) is 13.5 Å². The molecule has 0 bridgehead atoms. The first-order valence-electron chi connectivity index (χ1n) is 6.98. The van der Waals surface area contributed by atoms with E-state index in [9.17, 15) is 4.79 Å². The molecular formula is C17H14N2O4. The number of carboxylic acid groups (broad SMARTS) is 1. The van der Waals surface area contributed by atoms with Crippen molar-refractivity contribution < 1.29 is 19.2 Å². The van der Waals surface area contributed by atoms with Gasteiger partial charge in [-0.15, -0.1) is 0 Å². The van der Waals surface area contributed by atoms with Crippen LogP contribution in [0.2, 0.25) is 0 Å². The van der Waals surface area contributed by atoms with Crippen molar-refractivity contribution in [1.82, 2.24) is 10.1 Å². The first kappa shape index (κ1) is 14.8. The van der Waals surface area contributed by atoms with Gasteiger partial charge in [-0.1, -0.05) is 29.4 Å². The summed E-state index contributed by atoms with van der Waals surface area (Å²) in [6.45, 7) is 2.09. The van der Waals surface area contributed by atoms with E-state index in [1.54, 1.807) is 12.1 Å². The highest BCUT2D eigenvalue weighted by Crippen LogP contribution is 2.20. The van der Waals surface area contributed by atoms with Crippen molar-refractivity contribution in [3.8, 4) is 17.1 Å². The van der Waals surface area contributed by atoms with Gasteiger partial charge in [0.25, 0.3) is 5.89 Å². The Balaban J connectivity index is 1.68. The normalized spacial score (nSPS) is 10.5. The summed E-state index contributed by atoms with van der Waals surface area (Å²) in [5, 5.41) is 12.8. The van der Waals surface area contributed by atoms with E-state index in [-0.39, 0.29) is 12.2 Å². The van der Waals surface area contributed by atoms with E-state index in [1.807, 2.05) is 31.2 Å². The Labute approximate surface area is 132 Å². The molecule has 0 aliphatic heterocycles. The highest BCUT2D eigenvalue weighted by molar-refractivity contribution is 5.87. The highest BCUT2D eigenvalue weighted by atomic mass is 16.5. The third-order valence-electron chi connectivity index (χ3n) is 3.32. The minimum absolute atomic E-state index is 0.116. The lowest BCUT2D eigenvalue weighted by Crippen LogP contribution is -1.98. The van der Waals surface area contributed by atoms with E-state index in [1.165, 1.54) is 12.1 Å². The molecule has 3 rings (SSSR count). The molecule has 0 aliphatic rings. The van der Waals surface area contributed by atoms with Crippen molar-refractivity contribution in [1.29, 1.82) is 0 Å². The van der Waals surface area contributed by atoms with Crippen LogP contribution in [0.15, 0.2) is 53.1 Å². The molecule has 0 spiro atoms. The molecular weight excluding hydrogens is 296 g/mol. The summed E-state index contributed by atoms with van der Waals surface area (Å²) in [6.07, 6.45) is 0. The number of benzene rings is 2. The van der Waals surface area contributed by atoms with Crippen molar-refractivity contribution >= 4 is 5.97 Å². The van der Waals surface area contributed by atoms with Crippen LogP contribution in [-0.2, 0) is 6.61 Å². The Morgan fingerprint density at radius 1 is 1.17 bits per heavy atom. The summed E-state index contributed by atoms with van der Waals surface area (Å²) in [6, 6.07) is 13.9. The average Bonchev–Trinajstić information content (AvgIpc) is 3.02. The number of rotatable bonds is 5. The van der Waals surface area contributed by atoms with Crippen LogP contribution < -0.4 is 4.74 Å². The minimum atomic E-state index is -0.976. The Hall–Kier alpha value is -3.15. The predicted molar refractivity (Wildman–Crippen MR) is 82.2 cm³/mol. The van der Waals surface area contributed by atoms with E-state index in [0.717, 1.165) is 11.1 Å². The summed E-state index contributed by atoms with van der Waals surface area (Å²) in [4.78, 5) is 15.1. The summed E-state index contributed by atoms with van der Waals surface area (Å²) in [7, 11) is 0. The molecule has 1 heterocycles. The Morgan fingerprint density at radius 3 is 2.61 bits per heavy atom. The molecule has 0 aliphatic carbocycles. The largest absolute Gasteiger partial charge is 0.484 e. The van der Waals surface area contributed by atoms with Gasteiger partial charge in [-0.2, -0.15) is 4.98 Å². The maximum atomic E-state index is 10.8. The third kappa shape index (κ3) is 3.37. The van der Waals surface area contributed by atoms with Crippen LogP contribution in [0, 0.1) is 6.92 Å². The monoisotopic (exact) mass is 310 g/mol. The van der Waals surface area contributed by atoms with Gasteiger partial charge < -0.3 is 14.4 Å². The van der Waals surface area contributed by atoms with Crippen LogP contribution in [0.3, 0.4) is 0 Å². The minimum Gasteiger partial charge on any atom is -0.484 e. The molecule has 2 aromatic carbocycles. The van der Waals surface area contributed by atoms with Gasteiger partial charge in [-0.25, -0.2) is 4.79 Å². The lowest BCUT2D eigenvalue weighted by molar-refractivity contribution is 0.0697. The van der Waals surface area contributed by atoms with Gasteiger partial charge >= 0.3 is 5.97 Å². The molecule has 116 valence electrons. The van der Waals surface area contributed by atoms with Crippen LogP contribution in [0.1, 0.15) is 21.8 Å². The van der Waals surface area contributed by atoms with Crippen LogP contribution in [0.25, 0.3) is 11.4 Å². The summed E-state index contributed by atoms with van der Waals surface area (Å²) >= 11 is 0. The van der Waals surface area contributed by atoms with Crippen LogP contribution in [0.4, 0.5) is 0 Å². The zero-order chi connectivity index (χ0) is 16.2. The van der Waals surface area contributed by atoms with Crippen molar-refractivity contribution in [3.63, 3.8) is 0 Å². The number of carboxylic acids is 1. The topological polar surface area (TPSA) is 85.5 Å². The SMILES string of the molecule is Cc1ccccc1-c1noc(COc2ccc(C(=O)O)cc2)n1. The summed E-state index contributed by atoms with van der Waals surface area (Å²) in [5.74, 6) is 0.426. The molecule has 0 radical (unpaired) electrons. The molecule has 0 fully saturated rings. The first-order chi connectivity index (χ1) is 11.1. The lowest BCUT2D eigenvalue weighted by Gasteiger charge is -2.03. The van der Waals surface area contributed by atoms with Crippen LogP contribution in [0.5, 0.6) is 5.75 Å². The van der Waals surface area contributed by atoms with Gasteiger partial charge in [0, 0.05) is 5.56 Å². The second-order valence-electron chi connectivity index (χ2n) is 4.94. The molecule has 3 aromatic rings. The van der Waals surface area contributed by atoms with E-state index in [4.69, 9.17) is 14.4 Å². The molecule has 6 heteroatoms. The number of carbonyl (C=O) groups is 1. The standard InChI is InChI=1S/C17H14N2O4/c1-11-4-2-3-5-14(11)16-18-15(23-19-16)10-22-13-8-6-12(7-9-13)17(20)21/h2-9H,10H2,1H3,(H,20,21). The van der Waals surface area contributed by atoms with E-state index in [2.05, 4.69) is 10.1 Å². The van der Waals surface area contributed by atoms with Gasteiger partial charge in [0.05, 0.1) is 5.56 Å². The van der Waals surface area contributed by atoms with Crippen LogP contribution >= 0.6 is 0 Å². The Kier molecular flexibility index (Phi) is 4.05. The fourth-order valence-electron chi connectivity index (χ4n) is 2.09. The van der Waals surface area contributed by atoms with Crippen molar-refractivity contribution in [2.24, 2.45) is 0 Å². The number of nitrogens with zero attached hydrogens (tertiary/aromatic N) is 2. The molecule has 1 N–H and O–H groups in total. The smallest absolute Gasteiger partial charge is 0.335 e. The molecule has 0 atom stereocenters. The fraction of sp³-hybridized carbons (Fsp3) is 0.118. The first-order valence-corrected chi connectivity index (χ1v) is 6.98. The number of hydrogen-bond acceptors (Lipinski definition) is 5. The number of aromatic nitrogens is 2. The van der Waals surface area contributed by atoms with Crippen molar-refractivity contribution in [3.05, 3.63) is 65.5 Å². The molecule has 0 saturated heterocycles. The number of hydrogen-bond donors (Lipinski definition) is 1. The molecule has 6 nitrogen and oxygen atoms in total. The van der Waals surface area contributed by atoms with Gasteiger partial charge in [0.2, 0.25) is 5.82 Å². The quantitative estimate of drug-likeness (QED) is 0.778. The summed E-state index contributed by atoms with van der Waals surface area (Å²) < 4.78 is 10.7. The Morgan fingerprint density at radius 2 is 1.91 bits per heavy atom. The van der Waals surface area contributed by atoms with Gasteiger partial charge in [-0.3, -0.25) is 0 Å². The highest BCUT2D eigenvalue weighted by Gasteiger charge is 2.11. The molecule has 0 unspecified atom stereocenters. The van der Waals surface area contributed by atoms with Gasteiger partial charge in [0.15, 0.2) is 6.61 Å². The second kappa shape index (κ2) is 6.31. The zero-order valence-electron chi connectivity index (χ0n) is 12.4. The second-order valence-corrected chi connectivity index (χ2v) is 4.94. The lowest BCUT2D eigenvalue weighted by atomic mass is 10.1. The summed E-state index contributed by atoms with van der Waals surface area (Å²) in [5.41, 5.74) is 2.18. The third-order valence-corrected chi connectivity index (χ3v) is 3.32. The molecule has 0 amide bonds. The van der Waals surface area contributed by atoms with E-state index < -0.39 is 5.97 Å². The van der Waals surface area contributed by atoms with Crippen LogP contribution in [-0.4, -0.2) is 21.2 Å². The maximum Gasteiger partial charge on any atom is 0.335 e. The predicted octanol–water partition coefficient (Wildman–Crippen LogP) is 3.32. The van der Waals surface area contributed by atoms with Crippen molar-refractivity contribution in [2.75, 3.05) is 0 Å².